The van der Waals surface area contributed by atoms with Crippen LogP contribution in [0.1, 0.15) is 17.5 Å². The lowest BCUT2D eigenvalue weighted by Crippen LogP contribution is -2.28. The van der Waals surface area contributed by atoms with Crippen molar-refractivity contribution in [2.24, 2.45) is 0 Å². The Hall–Kier alpha value is -1.22. The normalized spacial score (nSPS) is 11.4. The molecule has 0 aromatic heterocycles. The van der Waals surface area contributed by atoms with E-state index in [4.69, 9.17) is 0 Å². The Kier molecular flexibility index (Phi) is 6.79. The average Bonchev–Trinajstić information content (AvgIpc) is 2.54. The Morgan fingerprint density at radius 3 is 2.56 bits per heavy atom. The zero-order valence-corrected chi connectivity index (χ0v) is 17.8. The van der Waals surface area contributed by atoms with Gasteiger partial charge in [-0.05, 0) is 65.2 Å². The first-order chi connectivity index (χ1) is 11.7. The van der Waals surface area contributed by atoms with Crippen LogP contribution in [0.3, 0.4) is 0 Å². The molecule has 0 aliphatic rings. The molecule has 0 bridgehead atoms. The van der Waals surface area contributed by atoms with Gasteiger partial charge in [-0.25, -0.2) is 13.1 Å². The van der Waals surface area contributed by atoms with Crippen LogP contribution in [0.15, 0.2) is 50.2 Å². The number of benzene rings is 2. The largest absolute Gasteiger partial charge is 0.326 e. The van der Waals surface area contributed by atoms with Gasteiger partial charge in [-0.1, -0.05) is 28.1 Å². The summed E-state index contributed by atoms with van der Waals surface area (Å²) in [6.07, 6.45) is 0.0399. The van der Waals surface area contributed by atoms with Crippen molar-refractivity contribution in [1.82, 2.24) is 4.72 Å². The molecule has 0 fully saturated rings. The third-order valence-electron chi connectivity index (χ3n) is 3.71. The second kappa shape index (κ2) is 8.44. The molecule has 2 rings (SSSR count). The van der Waals surface area contributed by atoms with Crippen LogP contribution >= 0.6 is 31.9 Å². The van der Waals surface area contributed by atoms with Crippen molar-refractivity contribution in [2.75, 3.05) is 11.9 Å². The Balaban J connectivity index is 1.96. The Labute approximate surface area is 164 Å². The van der Waals surface area contributed by atoms with Gasteiger partial charge in [-0.2, -0.15) is 0 Å². The van der Waals surface area contributed by atoms with Crippen molar-refractivity contribution < 1.29 is 13.2 Å². The number of hydrogen-bond donors (Lipinski definition) is 2. The van der Waals surface area contributed by atoms with Gasteiger partial charge < -0.3 is 5.32 Å². The number of sulfonamides is 1. The molecule has 5 nitrogen and oxygen atoms in total. The predicted molar refractivity (Wildman–Crippen MR) is 106 cm³/mol. The summed E-state index contributed by atoms with van der Waals surface area (Å²) in [6, 6.07) is 10.5. The third kappa shape index (κ3) is 5.37. The van der Waals surface area contributed by atoms with Gasteiger partial charge in [0.1, 0.15) is 0 Å². The molecule has 0 saturated carbocycles. The topological polar surface area (TPSA) is 75.3 Å². The zero-order chi connectivity index (χ0) is 18.6. The number of halogens is 2. The smallest absolute Gasteiger partial charge is 0.241 e. The van der Waals surface area contributed by atoms with Crippen LogP contribution in [-0.4, -0.2) is 20.9 Å². The lowest BCUT2D eigenvalue weighted by Gasteiger charge is -2.11. The molecule has 2 aromatic carbocycles. The SMILES string of the molecule is Cc1cccc(NC(=O)CCNS(=O)(=O)c2cc(Br)ccc2Br)c1C. The number of nitrogens with one attached hydrogen (secondary N) is 2. The van der Waals surface area contributed by atoms with Crippen molar-refractivity contribution in [1.29, 1.82) is 0 Å². The minimum absolute atomic E-state index is 0.0119. The van der Waals surface area contributed by atoms with Crippen LogP contribution in [0.25, 0.3) is 0 Å². The van der Waals surface area contributed by atoms with Crippen LogP contribution < -0.4 is 10.0 Å². The fourth-order valence-electron chi connectivity index (χ4n) is 2.16. The molecule has 0 aliphatic heterocycles. The maximum absolute atomic E-state index is 12.4. The highest BCUT2D eigenvalue weighted by atomic mass is 79.9. The van der Waals surface area contributed by atoms with E-state index < -0.39 is 10.0 Å². The summed E-state index contributed by atoms with van der Waals surface area (Å²) in [7, 11) is -3.70. The van der Waals surface area contributed by atoms with E-state index in [0.29, 0.717) is 8.95 Å². The lowest BCUT2D eigenvalue weighted by molar-refractivity contribution is -0.116. The summed E-state index contributed by atoms with van der Waals surface area (Å²) in [5.41, 5.74) is 2.81. The molecular formula is C17H18Br2N2O3S. The molecular weight excluding hydrogens is 472 g/mol. The molecule has 0 spiro atoms. The van der Waals surface area contributed by atoms with Gasteiger partial charge in [0.25, 0.3) is 0 Å². The number of rotatable bonds is 6. The maximum atomic E-state index is 12.4. The second-order valence-electron chi connectivity index (χ2n) is 5.52. The molecule has 0 heterocycles. The van der Waals surface area contributed by atoms with Gasteiger partial charge in [0.05, 0.1) is 4.90 Å². The van der Waals surface area contributed by atoms with E-state index in [0.717, 1.165) is 16.8 Å². The van der Waals surface area contributed by atoms with Crippen molar-refractivity contribution in [3.8, 4) is 0 Å². The van der Waals surface area contributed by atoms with Gasteiger partial charge in [-0.15, -0.1) is 0 Å². The fourth-order valence-corrected chi connectivity index (χ4v) is 4.69. The average molecular weight is 490 g/mol. The molecule has 0 unspecified atom stereocenters. The van der Waals surface area contributed by atoms with Crippen LogP contribution in [0.5, 0.6) is 0 Å². The molecule has 2 N–H and O–H groups in total. The van der Waals surface area contributed by atoms with Gasteiger partial charge in [0.2, 0.25) is 15.9 Å². The number of anilines is 1. The first-order valence-electron chi connectivity index (χ1n) is 7.51. The minimum Gasteiger partial charge on any atom is -0.326 e. The molecule has 134 valence electrons. The highest BCUT2D eigenvalue weighted by Crippen LogP contribution is 2.25. The van der Waals surface area contributed by atoms with Crippen molar-refractivity contribution >= 4 is 53.5 Å². The fraction of sp³-hybridized carbons (Fsp3) is 0.235. The molecule has 1 amide bonds. The van der Waals surface area contributed by atoms with Crippen molar-refractivity contribution in [3.63, 3.8) is 0 Å². The lowest BCUT2D eigenvalue weighted by atomic mass is 10.1. The molecule has 0 atom stereocenters. The number of aryl methyl sites for hydroxylation is 1. The van der Waals surface area contributed by atoms with E-state index in [2.05, 4.69) is 41.9 Å². The first-order valence-corrected chi connectivity index (χ1v) is 10.6. The first kappa shape index (κ1) is 20.1. The van der Waals surface area contributed by atoms with Gasteiger partial charge in [0, 0.05) is 27.6 Å². The summed E-state index contributed by atoms with van der Waals surface area (Å²) >= 11 is 6.48. The van der Waals surface area contributed by atoms with Crippen molar-refractivity contribution in [3.05, 3.63) is 56.5 Å². The van der Waals surface area contributed by atoms with E-state index >= 15 is 0 Å². The number of carbonyl (C=O) groups excluding carboxylic acids is 1. The highest BCUT2D eigenvalue weighted by molar-refractivity contribution is 9.11. The Morgan fingerprint density at radius 1 is 1.12 bits per heavy atom. The predicted octanol–water partition coefficient (Wildman–Crippen LogP) is 4.14. The molecule has 2 aromatic rings. The molecule has 25 heavy (non-hydrogen) atoms. The Bertz CT molecular complexity index is 899. The summed E-state index contributed by atoms with van der Waals surface area (Å²) in [5.74, 6) is -0.246. The number of hydrogen-bond acceptors (Lipinski definition) is 3. The number of amides is 1. The third-order valence-corrected chi connectivity index (χ3v) is 6.65. The quantitative estimate of drug-likeness (QED) is 0.640. The minimum atomic E-state index is -3.70. The van der Waals surface area contributed by atoms with Crippen LogP contribution in [-0.2, 0) is 14.8 Å². The monoisotopic (exact) mass is 488 g/mol. The standard InChI is InChI=1S/C17H18Br2N2O3S/c1-11-4-3-5-15(12(11)2)21-17(22)8-9-20-25(23,24)16-10-13(18)6-7-14(16)19/h3-7,10,20H,8-9H2,1-2H3,(H,21,22). The van der Waals surface area contributed by atoms with E-state index in [1.807, 2.05) is 32.0 Å². The molecule has 0 aliphatic carbocycles. The van der Waals surface area contributed by atoms with Gasteiger partial charge in [0.15, 0.2) is 0 Å². The summed E-state index contributed by atoms with van der Waals surface area (Å²) in [5, 5.41) is 2.81. The van der Waals surface area contributed by atoms with Crippen LogP contribution in [0.4, 0.5) is 5.69 Å². The number of carbonyl (C=O) groups is 1. The van der Waals surface area contributed by atoms with E-state index in [-0.39, 0.29) is 23.8 Å². The van der Waals surface area contributed by atoms with Gasteiger partial charge >= 0.3 is 0 Å². The van der Waals surface area contributed by atoms with Crippen molar-refractivity contribution in [2.45, 2.75) is 25.2 Å². The van der Waals surface area contributed by atoms with Crippen LogP contribution in [0, 0.1) is 13.8 Å². The second-order valence-corrected chi connectivity index (χ2v) is 9.02. The molecule has 0 saturated heterocycles. The summed E-state index contributed by atoms with van der Waals surface area (Å²) < 4.78 is 28.3. The zero-order valence-electron chi connectivity index (χ0n) is 13.8. The van der Waals surface area contributed by atoms with Crippen LogP contribution in [0.2, 0.25) is 0 Å². The summed E-state index contributed by atoms with van der Waals surface area (Å²) in [6.45, 7) is 3.91. The molecule has 0 radical (unpaired) electrons. The highest BCUT2D eigenvalue weighted by Gasteiger charge is 2.18. The van der Waals surface area contributed by atoms with E-state index in [1.54, 1.807) is 12.1 Å². The molecule has 8 heteroatoms. The summed E-state index contributed by atoms with van der Waals surface area (Å²) in [4.78, 5) is 12.2. The van der Waals surface area contributed by atoms with E-state index in [9.17, 15) is 13.2 Å². The maximum Gasteiger partial charge on any atom is 0.241 e. The van der Waals surface area contributed by atoms with E-state index in [1.165, 1.54) is 6.07 Å². The Morgan fingerprint density at radius 2 is 1.84 bits per heavy atom. The van der Waals surface area contributed by atoms with Gasteiger partial charge in [-0.3, -0.25) is 4.79 Å².